The number of methoxy groups -OCH3 is 2. The molecule has 0 heterocycles. The van der Waals surface area contributed by atoms with Crippen LogP contribution in [-0.2, 0) is 9.53 Å². The largest absolute Gasteiger partial charge is 0.493 e. The number of hydrogen-bond donors (Lipinski definition) is 2. The smallest absolute Gasteiger partial charge is 0.343 e. The molecule has 0 aliphatic rings. The quantitative estimate of drug-likeness (QED) is 0.753. The summed E-state index contributed by atoms with van der Waals surface area (Å²) in [6.07, 6.45) is -1.33. The number of carbonyl (C=O) groups excluding carboxylic acids is 3. The Morgan fingerprint density at radius 2 is 1.63 bits per heavy atom. The van der Waals surface area contributed by atoms with E-state index in [0.717, 1.165) is 0 Å². The van der Waals surface area contributed by atoms with Gasteiger partial charge in [0.15, 0.2) is 11.5 Å². The van der Waals surface area contributed by atoms with Crippen molar-refractivity contribution in [1.29, 1.82) is 0 Å². The first-order valence-electron chi connectivity index (χ1n) is 8.01. The van der Waals surface area contributed by atoms with Crippen LogP contribution in [0.15, 0.2) is 48.5 Å². The fourth-order valence-corrected chi connectivity index (χ4v) is 2.36. The van der Waals surface area contributed by atoms with Crippen molar-refractivity contribution < 1.29 is 28.6 Å². The maximum atomic E-state index is 12.7. The SMILES string of the molecule is CNC(=O)NC(=O)[C@H](OC(=O)c1cccc(OC)c1OC)c1ccccc1. The lowest BCUT2D eigenvalue weighted by Crippen LogP contribution is -2.41. The average Bonchev–Trinajstić information content (AvgIpc) is 2.71. The Balaban J connectivity index is 2.34. The average molecular weight is 372 g/mol. The Morgan fingerprint density at radius 3 is 2.22 bits per heavy atom. The van der Waals surface area contributed by atoms with Crippen molar-refractivity contribution in [2.75, 3.05) is 21.3 Å². The number of amides is 3. The van der Waals surface area contributed by atoms with E-state index in [9.17, 15) is 14.4 Å². The van der Waals surface area contributed by atoms with Gasteiger partial charge in [0.1, 0.15) is 5.56 Å². The summed E-state index contributed by atoms with van der Waals surface area (Å²) in [5.74, 6) is -1.05. The highest BCUT2D eigenvalue weighted by Gasteiger charge is 2.28. The van der Waals surface area contributed by atoms with Crippen molar-refractivity contribution in [3.63, 3.8) is 0 Å². The molecule has 8 heteroatoms. The van der Waals surface area contributed by atoms with Gasteiger partial charge in [0.2, 0.25) is 6.10 Å². The first-order valence-corrected chi connectivity index (χ1v) is 8.01. The molecule has 0 unspecified atom stereocenters. The lowest BCUT2D eigenvalue weighted by Gasteiger charge is -2.19. The van der Waals surface area contributed by atoms with Crippen molar-refractivity contribution in [2.24, 2.45) is 0 Å². The molecule has 0 fully saturated rings. The number of para-hydroxylation sites is 1. The number of benzene rings is 2. The summed E-state index contributed by atoms with van der Waals surface area (Å²) in [7, 11) is 4.20. The summed E-state index contributed by atoms with van der Waals surface area (Å²) < 4.78 is 15.8. The van der Waals surface area contributed by atoms with Crippen LogP contribution in [0.3, 0.4) is 0 Å². The number of esters is 1. The normalized spacial score (nSPS) is 11.1. The number of rotatable bonds is 6. The van der Waals surface area contributed by atoms with E-state index in [4.69, 9.17) is 14.2 Å². The van der Waals surface area contributed by atoms with Crippen LogP contribution in [-0.4, -0.2) is 39.2 Å². The molecule has 0 aliphatic heterocycles. The van der Waals surface area contributed by atoms with Crippen molar-refractivity contribution in [1.82, 2.24) is 10.6 Å². The van der Waals surface area contributed by atoms with Crippen LogP contribution in [0.2, 0.25) is 0 Å². The molecule has 0 saturated heterocycles. The Labute approximate surface area is 156 Å². The van der Waals surface area contributed by atoms with Gasteiger partial charge >= 0.3 is 12.0 Å². The van der Waals surface area contributed by atoms with Gasteiger partial charge in [-0.05, 0) is 12.1 Å². The molecular weight excluding hydrogens is 352 g/mol. The van der Waals surface area contributed by atoms with Crippen molar-refractivity contribution >= 4 is 17.9 Å². The van der Waals surface area contributed by atoms with Gasteiger partial charge in [0.25, 0.3) is 5.91 Å². The summed E-state index contributed by atoms with van der Waals surface area (Å²) in [6, 6.07) is 12.4. The predicted octanol–water partition coefficient (Wildman–Crippen LogP) is 2.06. The number of nitrogens with one attached hydrogen (secondary N) is 2. The molecule has 0 radical (unpaired) electrons. The van der Waals surface area contributed by atoms with E-state index in [1.54, 1.807) is 42.5 Å². The molecule has 2 aromatic rings. The van der Waals surface area contributed by atoms with Crippen molar-refractivity contribution in [2.45, 2.75) is 6.10 Å². The van der Waals surface area contributed by atoms with E-state index in [1.165, 1.54) is 27.3 Å². The Morgan fingerprint density at radius 1 is 0.926 bits per heavy atom. The van der Waals surface area contributed by atoms with Crippen LogP contribution in [0.5, 0.6) is 11.5 Å². The zero-order valence-electron chi connectivity index (χ0n) is 15.1. The second kappa shape index (κ2) is 9.23. The number of imide groups is 1. The zero-order chi connectivity index (χ0) is 19.8. The maximum absolute atomic E-state index is 12.7. The van der Waals surface area contributed by atoms with Gasteiger partial charge in [-0.2, -0.15) is 0 Å². The van der Waals surface area contributed by atoms with Gasteiger partial charge in [-0.1, -0.05) is 36.4 Å². The van der Waals surface area contributed by atoms with Gasteiger partial charge in [0, 0.05) is 12.6 Å². The summed E-state index contributed by atoms with van der Waals surface area (Å²) >= 11 is 0. The van der Waals surface area contributed by atoms with Crippen molar-refractivity contribution in [3.8, 4) is 11.5 Å². The number of carbonyl (C=O) groups is 3. The first kappa shape index (κ1) is 19.8. The minimum Gasteiger partial charge on any atom is -0.493 e. The monoisotopic (exact) mass is 372 g/mol. The highest BCUT2D eigenvalue weighted by atomic mass is 16.6. The topological polar surface area (TPSA) is 103 Å². The second-order valence-corrected chi connectivity index (χ2v) is 5.31. The van der Waals surface area contributed by atoms with Crippen LogP contribution < -0.4 is 20.1 Å². The molecule has 8 nitrogen and oxygen atoms in total. The van der Waals surface area contributed by atoms with Gasteiger partial charge in [-0.3, -0.25) is 10.1 Å². The Hall–Kier alpha value is -3.55. The third-order valence-electron chi connectivity index (χ3n) is 3.65. The molecule has 0 aromatic heterocycles. The number of hydrogen-bond acceptors (Lipinski definition) is 6. The van der Waals surface area contributed by atoms with E-state index in [-0.39, 0.29) is 11.3 Å². The highest BCUT2D eigenvalue weighted by molar-refractivity contribution is 6.00. The van der Waals surface area contributed by atoms with Crippen LogP contribution in [0, 0.1) is 0 Å². The van der Waals surface area contributed by atoms with Gasteiger partial charge in [-0.15, -0.1) is 0 Å². The van der Waals surface area contributed by atoms with E-state index < -0.39 is 24.0 Å². The molecule has 27 heavy (non-hydrogen) atoms. The Bertz CT molecular complexity index is 822. The fraction of sp³-hybridized carbons (Fsp3) is 0.211. The maximum Gasteiger partial charge on any atom is 0.343 e. The van der Waals surface area contributed by atoms with Gasteiger partial charge in [0.05, 0.1) is 14.2 Å². The standard InChI is InChI=1S/C19H20N2O6/c1-20-19(24)21-17(22)15(12-8-5-4-6-9-12)27-18(23)13-10-7-11-14(25-2)16(13)26-3/h4-11,15H,1-3H3,(H2,20,21,22,24)/t15-/m1/s1. The molecule has 2 N–H and O–H groups in total. The van der Waals surface area contributed by atoms with E-state index in [2.05, 4.69) is 10.6 Å². The van der Waals surface area contributed by atoms with Gasteiger partial charge < -0.3 is 19.5 Å². The lowest BCUT2D eigenvalue weighted by atomic mass is 10.1. The van der Waals surface area contributed by atoms with Gasteiger partial charge in [-0.25, -0.2) is 9.59 Å². The lowest BCUT2D eigenvalue weighted by molar-refractivity contribution is -0.129. The first-order chi connectivity index (χ1) is 13.0. The third-order valence-corrected chi connectivity index (χ3v) is 3.65. The molecule has 0 spiro atoms. The predicted molar refractivity (Wildman–Crippen MR) is 96.7 cm³/mol. The van der Waals surface area contributed by atoms with Crippen molar-refractivity contribution in [3.05, 3.63) is 59.7 Å². The summed E-state index contributed by atoms with van der Waals surface area (Å²) in [4.78, 5) is 36.6. The Kier molecular flexibility index (Phi) is 6.76. The summed E-state index contributed by atoms with van der Waals surface area (Å²) in [6.45, 7) is 0. The van der Waals surface area contributed by atoms with Crippen LogP contribution in [0.4, 0.5) is 4.79 Å². The molecule has 0 aliphatic carbocycles. The highest BCUT2D eigenvalue weighted by Crippen LogP contribution is 2.32. The van der Waals surface area contributed by atoms with E-state index in [1.807, 2.05) is 0 Å². The molecule has 1 atom stereocenters. The minimum absolute atomic E-state index is 0.0884. The van der Waals surface area contributed by atoms with E-state index >= 15 is 0 Å². The summed E-state index contributed by atoms with van der Waals surface area (Å²) in [5, 5.41) is 4.39. The fourth-order valence-electron chi connectivity index (χ4n) is 2.36. The molecule has 2 rings (SSSR count). The molecule has 142 valence electrons. The zero-order valence-corrected chi connectivity index (χ0v) is 15.1. The molecular formula is C19H20N2O6. The minimum atomic E-state index is -1.33. The number of urea groups is 1. The van der Waals surface area contributed by atoms with Crippen LogP contribution in [0.1, 0.15) is 22.0 Å². The van der Waals surface area contributed by atoms with Crippen LogP contribution in [0.25, 0.3) is 0 Å². The molecule has 0 bridgehead atoms. The molecule has 3 amide bonds. The van der Waals surface area contributed by atoms with Crippen LogP contribution >= 0.6 is 0 Å². The molecule has 2 aromatic carbocycles. The second-order valence-electron chi connectivity index (χ2n) is 5.31. The third kappa shape index (κ3) is 4.75. The number of ether oxygens (including phenoxy) is 3. The molecule has 0 saturated carbocycles. The summed E-state index contributed by atoms with van der Waals surface area (Å²) in [5.41, 5.74) is 0.500. The van der Waals surface area contributed by atoms with E-state index in [0.29, 0.717) is 11.3 Å².